The molecule has 0 spiro atoms. The number of nitrogens with zero attached hydrogens (tertiary/aromatic N) is 1. The lowest BCUT2D eigenvalue weighted by atomic mass is 9.79. The van der Waals surface area contributed by atoms with Crippen molar-refractivity contribution in [2.75, 3.05) is 5.73 Å². The van der Waals surface area contributed by atoms with Gasteiger partial charge in [0.25, 0.3) is 0 Å². The summed E-state index contributed by atoms with van der Waals surface area (Å²) in [6.07, 6.45) is 5.47. The van der Waals surface area contributed by atoms with Gasteiger partial charge in [0.15, 0.2) is 0 Å². The van der Waals surface area contributed by atoms with Gasteiger partial charge < -0.3 is 10.8 Å². The third-order valence-corrected chi connectivity index (χ3v) is 3.68. The average molecular weight is 246 g/mol. The molecule has 3 heteroatoms. The molecule has 1 aliphatic rings. The van der Waals surface area contributed by atoms with E-state index in [-0.39, 0.29) is 5.92 Å². The number of aryl methyl sites for hydroxylation is 1. The van der Waals surface area contributed by atoms with Crippen molar-refractivity contribution < 1.29 is 5.11 Å². The molecule has 1 aliphatic carbocycles. The zero-order chi connectivity index (χ0) is 13.3. The normalized spacial score (nSPS) is 25.7. The van der Waals surface area contributed by atoms with E-state index >= 15 is 0 Å². The van der Waals surface area contributed by atoms with Crippen molar-refractivity contribution in [2.24, 2.45) is 11.8 Å². The molecule has 1 aromatic heterocycles. The summed E-state index contributed by atoms with van der Waals surface area (Å²) in [5, 5.41) is 10.5. The summed E-state index contributed by atoms with van der Waals surface area (Å²) in [6.45, 7) is 6.30. The number of hydrogen-bond acceptors (Lipinski definition) is 3. The van der Waals surface area contributed by atoms with Crippen LogP contribution in [0.1, 0.15) is 43.9 Å². The molecule has 0 radical (unpaired) electrons. The fourth-order valence-corrected chi connectivity index (χ4v) is 2.93. The van der Waals surface area contributed by atoms with Gasteiger partial charge in [-0.3, -0.25) is 0 Å². The van der Waals surface area contributed by atoms with Crippen molar-refractivity contribution in [1.29, 1.82) is 0 Å². The number of aliphatic hydroxyl groups is 1. The van der Waals surface area contributed by atoms with Crippen LogP contribution in [-0.2, 0) is 0 Å². The molecular weight excluding hydrogens is 224 g/mol. The van der Waals surface area contributed by atoms with Gasteiger partial charge in [0, 0.05) is 11.8 Å². The maximum atomic E-state index is 10.5. The summed E-state index contributed by atoms with van der Waals surface area (Å²) in [6, 6.07) is 1.95. The minimum Gasteiger partial charge on any atom is -0.388 e. The molecule has 2 rings (SSSR count). The lowest BCUT2D eigenvalue weighted by molar-refractivity contribution is 0.0936. The highest BCUT2D eigenvalue weighted by Crippen LogP contribution is 2.37. The lowest BCUT2D eigenvalue weighted by Gasteiger charge is -2.30. The van der Waals surface area contributed by atoms with Crippen LogP contribution in [0.2, 0.25) is 0 Å². The first-order chi connectivity index (χ1) is 8.47. The molecule has 0 saturated heterocycles. The molecule has 0 aromatic carbocycles. The number of hydrogen-bond donors (Lipinski definition) is 2. The summed E-state index contributed by atoms with van der Waals surface area (Å²) in [5.74, 6) is 1.22. The van der Waals surface area contributed by atoms with Gasteiger partial charge in [-0.2, -0.15) is 0 Å². The van der Waals surface area contributed by atoms with E-state index in [4.69, 9.17) is 5.73 Å². The minimum atomic E-state index is -0.511. The van der Waals surface area contributed by atoms with Crippen LogP contribution in [0.3, 0.4) is 0 Å². The summed E-state index contributed by atoms with van der Waals surface area (Å²) in [5.41, 5.74) is 9.05. The topological polar surface area (TPSA) is 59.1 Å². The van der Waals surface area contributed by atoms with Crippen molar-refractivity contribution in [3.8, 4) is 0 Å². The van der Waals surface area contributed by atoms with Crippen molar-refractivity contribution in [3.63, 3.8) is 0 Å². The Morgan fingerprint density at radius 3 is 2.83 bits per heavy atom. The fraction of sp³-hybridized carbons (Fsp3) is 0.533. The summed E-state index contributed by atoms with van der Waals surface area (Å²) in [7, 11) is 0. The number of pyridine rings is 1. The molecular formula is C15H22N2O. The van der Waals surface area contributed by atoms with Crippen LogP contribution in [0.4, 0.5) is 5.82 Å². The number of aromatic nitrogens is 1. The Morgan fingerprint density at radius 1 is 1.44 bits per heavy atom. The summed E-state index contributed by atoms with van der Waals surface area (Å²) < 4.78 is 0. The van der Waals surface area contributed by atoms with E-state index in [1.54, 1.807) is 6.20 Å². The van der Waals surface area contributed by atoms with E-state index < -0.39 is 6.10 Å². The van der Waals surface area contributed by atoms with Gasteiger partial charge in [-0.25, -0.2) is 4.98 Å². The molecule has 0 amide bonds. The number of anilines is 1. The summed E-state index contributed by atoms with van der Waals surface area (Å²) >= 11 is 0. The second-order valence-electron chi connectivity index (χ2n) is 5.62. The van der Waals surface area contributed by atoms with Crippen molar-refractivity contribution in [2.45, 2.75) is 39.7 Å². The molecule has 0 saturated carbocycles. The van der Waals surface area contributed by atoms with Crippen LogP contribution in [0.5, 0.6) is 0 Å². The first-order valence-electron chi connectivity index (χ1n) is 6.54. The van der Waals surface area contributed by atoms with Crippen molar-refractivity contribution >= 4 is 5.82 Å². The zero-order valence-electron chi connectivity index (χ0n) is 11.4. The molecule has 0 bridgehead atoms. The number of nitrogens with two attached hydrogens (primary N) is 1. The van der Waals surface area contributed by atoms with Crippen LogP contribution < -0.4 is 5.73 Å². The largest absolute Gasteiger partial charge is 0.388 e. The number of aliphatic hydroxyl groups excluding tert-OH is 1. The number of allylic oxidation sites excluding steroid dienone is 2. The van der Waals surface area contributed by atoms with Gasteiger partial charge in [-0.05, 0) is 50.2 Å². The van der Waals surface area contributed by atoms with Crippen molar-refractivity contribution in [1.82, 2.24) is 4.98 Å². The number of nitrogen functional groups attached to an aromatic ring is 1. The molecule has 98 valence electrons. The van der Waals surface area contributed by atoms with Crippen LogP contribution in [0.15, 0.2) is 23.9 Å². The maximum absolute atomic E-state index is 10.5. The molecule has 3 unspecified atom stereocenters. The Hall–Kier alpha value is -1.35. The van der Waals surface area contributed by atoms with E-state index in [2.05, 4.69) is 24.9 Å². The Balaban J connectivity index is 2.23. The molecule has 3 atom stereocenters. The summed E-state index contributed by atoms with van der Waals surface area (Å²) in [4.78, 5) is 4.14. The first-order valence-corrected chi connectivity index (χ1v) is 6.54. The highest BCUT2D eigenvalue weighted by Gasteiger charge is 2.27. The van der Waals surface area contributed by atoms with Gasteiger partial charge in [-0.15, -0.1) is 0 Å². The van der Waals surface area contributed by atoms with Gasteiger partial charge in [0.1, 0.15) is 5.82 Å². The second-order valence-corrected chi connectivity index (χ2v) is 5.62. The van der Waals surface area contributed by atoms with Crippen LogP contribution in [0.25, 0.3) is 0 Å². The smallest absolute Gasteiger partial charge is 0.129 e. The fourth-order valence-electron chi connectivity index (χ4n) is 2.93. The van der Waals surface area contributed by atoms with Crippen LogP contribution in [-0.4, -0.2) is 10.1 Å². The maximum Gasteiger partial charge on any atom is 0.129 e. The Kier molecular flexibility index (Phi) is 3.71. The van der Waals surface area contributed by atoms with Gasteiger partial charge in [0.2, 0.25) is 0 Å². The third-order valence-electron chi connectivity index (χ3n) is 3.68. The number of rotatable bonds is 2. The predicted molar refractivity (Wildman–Crippen MR) is 74.0 cm³/mol. The highest BCUT2D eigenvalue weighted by molar-refractivity contribution is 5.42. The van der Waals surface area contributed by atoms with Crippen molar-refractivity contribution in [3.05, 3.63) is 35.0 Å². The van der Waals surface area contributed by atoms with E-state index in [1.807, 2.05) is 13.0 Å². The quantitative estimate of drug-likeness (QED) is 0.789. The molecule has 18 heavy (non-hydrogen) atoms. The zero-order valence-corrected chi connectivity index (χ0v) is 11.4. The highest BCUT2D eigenvalue weighted by atomic mass is 16.3. The molecule has 0 fully saturated rings. The van der Waals surface area contributed by atoms with Crippen LogP contribution >= 0.6 is 0 Å². The molecule has 3 N–H and O–H groups in total. The van der Waals surface area contributed by atoms with Crippen LogP contribution in [0, 0.1) is 18.8 Å². The van der Waals surface area contributed by atoms with E-state index in [0.29, 0.717) is 11.7 Å². The Morgan fingerprint density at radius 2 is 2.17 bits per heavy atom. The first kappa shape index (κ1) is 13.1. The molecule has 1 aromatic rings. The minimum absolute atomic E-state index is 0.246. The van der Waals surface area contributed by atoms with Gasteiger partial charge in [-0.1, -0.05) is 18.6 Å². The Bertz CT molecular complexity index is 468. The standard InChI is InChI=1S/C15H22N2O/c1-9-4-10(2)6-12(5-9)14(18)13-7-11(3)8-17-15(13)16/h4,7-9,12,14,18H,5-6H2,1-3H3,(H2,16,17). The average Bonchev–Trinajstić information content (AvgIpc) is 2.30. The Labute approximate surface area is 109 Å². The third kappa shape index (κ3) is 2.72. The SMILES string of the molecule is CC1=CC(C)CC(C(O)c2cc(C)cnc2N)C1. The molecule has 1 heterocycles. The van der Waals surface area contributed by atoms with Gasteiger partial charge in [0.05, 0.1) is 6.10 Å². The van der Waals surface area contributed by atoms with E-state index in [0.717, 1.165) is 24.0 Å². The molecule has 3 nitrogen and oxygen atoms in total. The van der Waals surface area contributed by atoms with Gasteiger partial charge >= 0.3 is 0 Å². The lowest BCUT2D eigenvalue weighted by Crippen LogP contribution is -2.20. The van der Waals surface area contributed by atoms with E-state index in [9.17, 15) is 5.11 Å². The second kappa shape index (κ2) is 5.11. The van der Waals surface area contributed by atoms with E-state index in [1.165, 1.54) is 5.57 Å². The monoisotopic (exact) mass is 246 g/mol. The molecule has 0 aliphatic heterocycles. The predicted octanol–water partition coefficient (Wildman–Crippen LogP) is 3.00.